The number of halogens is 1. The van der Waals surface area contributed by atoms with Crippen LogP contribution in [0, 0.1) is 5.82 Å². The number of aromatic nitrogens is 1. The average molecular weight is 365 g/mol. The number of benzene rings is 2. The van der Waals surface area contributed by atoms with Crippen LogP contribution < -0.4 is 15.4 Å². The van der Waals surface area contributed by atoms with Crippen LogP contribution in [-0.2, 0) is 6.42 Å². The van der Waals surface area contributed by atoms with Crippen LogP contribution in [0.1, 0.15) is 15.9 Å². The number of rotatable bonds is 7. The summed E-state index contributed by atoms with van der Waals surface area (Å²) >= 11 is 0. The highest BCUT2D eigenvalue weighted by molar-refractivity contribution is 6.04. The average Bonchev–Trinajstić information content (AvgIpc) is 2.69. The molecule has 27 heavy (non-hydrogen) atoms. The summed E-state index contributed by atoms with van der Waals surface area (Å²) in [5.74, 6) is 0.775. The van der Waals surface area contributed by atoms with Crippen molar-refractivity contribution in [2.75, 3.05) is 24.3 Å². The molecule has 0 aliphatic rings. The van der Waals surface area contributed by atoms with Crippen LogP contribution in [0.4, 0.5) is 15.9 Å². The topological polar surface area (TPSA) is 63.2 Å². The maximum atomic E-state index is 13.2. The number of pyridine rings is 1. The number of hydrogen-bond acceptors (Lipinski definition) is 4. The third-order valence-electron chi connectivity index (χ3n) is 3.96. The van der Waals surface area contributed by atoms with Crippen molar-refractivity contribution >= 4 is 17.4 Å². The van der Waals surface area contributed by atoms with Crippen LogP contribution in [0.5, 0.6) is 5.75 Å². The monoisotopic (exact) mass is 365 g/mol. The van der Waals surface area contributed by atoms with Gasteiger partial charge in [-0.15, -0.1) is 0 Å². The van der Waals surface area contributed by atoms with Gasteiger partial charge >= 0.3 is 0 Å². The molecule has 2 N–H and O–H groups in total. The van der Waals surface area contributed by atoms with Crippen LogP contribution in [0.2, 0.25) is 0 Å². The number of ether oxygens (including phenoxy) is 1. The molecule has 0 aliphatic heterocycles. The highest BCUT2D eigenvalue weighted by atomic mass is 19.1. The van der Waals surface area contributed by atoms with E-state index in [4.69, 9.17) is 4.74 Å². The largest absolute Gasteiger partial charge is 0.497 e. The van der Waals surface area contributed by atoms with Gasteiger partial charge in [-0.2, -0.15) is 0 Å². The molecule has 0 unspecified atom stereocenters. The summed E-state index contributed by atoms with van der Waals surface area (Å²) in [4.78, 5) is 16.4. The third kappa shape index (κ3) is 5.28. The molecular formula is C21H20FN3O2. The number of nitrogens with one attached hydrogen (secondary N) is 2. The molecule has 0 saturated heterocycles. The lowest BCUT2D eigenvalue weighted by Gasteiger charge is -2.08. The summed E-state index contributed by atoms with van der Waals surface area (Å²) in [6, 6.07) is 17.1. The number of amides is 1. The minimum absolute atomic E-state index is 0.337. The smallest absolute Gasteiger partial charge is 0.257 e. The van der Waals surface area contributed by atoms with E-state index in [1.807, 2.05) is 24.3 Å². The van der Waals surface area contributed by atoms with Gasteiger partial charge in [0.15, 0.2) is 0 Å². The first-order valence-corrected chi connectivity index (χ1v) is 8.54. The highest BCUT2D eigenvalue weighted by Gasteiger charge is 2.07. The zero-order valence-corrected chi connectivity index (χ0v) is 14.9. The van der Waals surface area contributed by atoms with Crippen LogP contribution in [-0.4, -0.2) is 24.5 Å². The van der Waals surface area contributed by atoms with Gasteiger partial charge in [0.05, 0.1) is 12.7 Å². The molecule has 1 amide bonds. The maximum Gasteiger partial charge on any atom is 0.257 e. The van der Waals surface area contributed by atoms with Crippen LogP contribution >= 0.6 is 0 Å². The van der Waals surface area contributed by atoms with Crippen molar-refractivity contribution in [2.24, 2.45) is 0 Å². The number of methoxy groups -OCH3 is 1. The van der Waals surface area contributed by atoms with E-state index in [-0.39, 0.29) is 5.91 Å². The third-order valence-corrected chi connectivity index (χ3v) is 3.96. The summed E-state index contributed by atoms with van der Waals surface area (Å²) in [7, 11) is 1.65. The first-order valence-electron chi connectivity index (χ1n) is 8.54. The Labute approximate surface area is 157 Å². The zero-order valence-electron chi connectivity index (χ0n) is 14.9. The van der Waals surface area contributed by atoms with Gasteiger partial charge in [0.1, 0.15) is 17.4 Å². The number of nitrogens with zero attached hydrogens (tertiary/aromatic N) is 1. The van der Waals surface area contributed by atoms with E-state index in [0.717, 1.165) is 17.7 Å². The Kier molecular flexibility index (Phi) is 5.99. The molecule has 138 valence electrons. The molecule has 0 saturated carbocycles. The maximum absolute atomic E-state index is 13.2. The highest BCUT2D eigenvalue weighted by Crippen LogP contribution is 2.14. The normalized spacial score (nSPS) is 10.3. The fourth-order valence-electron chi connectivity index (χ4n) is 2.57. The lowest BCUT2D eigenvalue weighted by molar-refractivity contribution is 0.102. The lowest BCUT2D eigenvalue weighted by atomic mass is 10.1. The van der Waals surface area contributed by atoms with Crippen molar-refractivity contribution in [1.29, 1.82) is 0 Å². The quantitative estimate of drug-likeness (QED) is 0.661. The van der Waals surface area contributed by atoms with E-state index in [1.54, 1.807) is 31.4 Å². The van der Waals surface area contributed by atoms with Crippen molar-refractivity contribution in [1.82, 2.24) is 4.98 Å². The molecule has 0 radical (unpaired) electrons. The Balaban J connectivity index is 1.53. The summed E-state index contributed by atoms with van der Waals surface area (Å²) in [5, 5.41) is 5.86. The molecule has 0 bridgehead atoms. The summed E-state index contributed by atoms with van der Waals surface area (Å²) in [5.41, 5.74) is 1.96. The zero-order chi connectivity index (χ0) is 19.1. The van der Waals surface area contributed by atoms with E-state index in [1.165, 1.54) is 18.3 Å². The molecule has 2 aromatic carbocycles. The first kappa shape index (κ1) is 18.4. The van der Waals surface area contributed by atoms with Gasteiger partial charge < -0.3 is 15.4 Å². The molecule has 0 aliphatic carbocycles. The van der Waals surface area contributed by atoms with Crippen molar-refractivity contribution in [2.45, 2.75) is 6.42 Å². The molecule has 5 nitrogen and oxygen atoms in total. The SMILES string of the molecule is COc1cccc(CCNc2ccc(C(=O)Nc3cccc(F)c3)cn2)c1. The van der Waals surface area contributed by atoms with Crippen LogP contribution in [0.25, 0.3) is 0 Å². The summed E-state index contributed by atoms with van der Waals surface area (Å²) < 4.78 is 18.4. The Bertz CT molecular complexity index is 913. The van der Waals surface area contributed by atoms with E-state index < -0.39 is 5.82 Å². The van der Waals surface area contributed by atoms with Gasteiger partial charge in [-0.25, -0.2) is 9.37 Å². The molecular weight excluding hydrogens is 345 g/mol. The predicted octanol–water partition coefficient (Wildman–Crippen LogP) is 4.14. The van der Waals surface area contributed by atoms with Crippen molar-refractivity contribution in [3.63, 3.8) is 0 Å². The Morgan fingerprint density at radius 1 is 1.11 bits per heavy atom. The van der Waals surface area contributed by atoms with Gasteiger partial charge in [0.2, 0.25) is 0 Å². The Morgan fingerprint density at radius 2 is 1.96 bits per heavy atom. The Morgan fingerprint density at radius 3 is 2.70 bits per heavy atom. The van der Waals surface area contributed by atoms with Gasteiger partial charge in [-0.1, -0.05) is 18.2 Å². The second kappa shape index (κ2) is 8.80. The molecule has 3 rings (SSSR count). The molecule has 1 heterocycles. The molecule has 3 aromatic rings. The molecule has 0 spiro atoms. The fourth-order valence-corrected chi connectivity index (χ4v) is 2.57. The van der Waals surface area contributed by atoms with Gasteiger partial charge in [0.25, 0.3) is 5.91 Å². The van der Waals surface area contributed by atoms with E-state index >= 15 is 0 Å². The molecule has 0 fully saturated rings. The molecule has 1 aromatic heterocycles. The summed E-state index contributed by atoms with van der Waals surface area (Å²) in [6.07, 6.45) is 2.31. The Hall–Kier alpha value is -3.41. The van der Waals surface area contributed by atoms with E-state index in [9.17, 15) is 9.18 Å². The minimum Gasteiger partial charge on any atom is -0.497 e. The number of anilines is 2. The lowest BCUT2D eigenvalue weighted by Crippen LogP contribution is -2.13. The minimum atomic E-state index is -0.401. The number of carbonyl (C=O) groups excluding carboxylic acids is 1. The van der Waals surface area contributed by atoms with Gasteiger partial charge in [-0.05, 0) is 54.4 Å². The number of hydrogen-bond donors (Lipinski definition) is 2. The van der Waals surface area contributed by atoms with E-state index in [2.05, 4.69) is 15.6 Å². The van der Waals surface area contributed by atoms with Crippen molar-refractivity contribution < 1.29 is 13.9 Å². The predicted molar refractivity (Wildman–Crippen MR) is 104 cm³/mol. The standard InChI is InChI=1S/C21H20FN3O2/c1-27-19-7-2-4-15(12-19)10-11-23-20-9-8-16(14-24-20)21(26)25-18-6-3-5-17(22)13-18/h2-9,12-14H,10-11H2,1H3,(H,23,24)(H,25,26). The summed E-state index contributed by atoms with van der Waals surface area (Å²) in [6.45, 7) is 0.703. The van der Waals surface area contributed by atoms with Crippen molar-refractivity contribution in [3.05, 3.63) is 83.8 Å². The molecule has 6 heteroatoms. The number of carbonyl (C=O) groups is 1. The fraction of sp³-hybridized carbons (Fsp3) is 0.143. The van der Waals surface area contributed by atoms with E-state index in [0.29, 0.717) is 23.6 Å². The van der Waals surface area contributed by atoms with Crippen LogP contribution in [0.3, 0.4) is 0 Å². The molecule has 0 atom stereocenters. The first-order chi connectivity index (χ1) is 13.1. The second-order valence-corrected chi connectivity index (χ2v) is 5.92. The van der Waals surface area contributed by atoms with Gasteiger partial charge in [-0.3, -0.25) is 4.79 Å². The second-order valence-electron chi connectivity index (χ2n) is 5.92. The van der Waals surface area contributed by atoms with Crippen molar-refractivity contribution in [3.8, 4) is 5.75 Å². The van der Waals surface area contributed by atoms with Crippen LogP contribution in [0.15, 0.2) is 66.9 Å². The van der Waals surface area contributed by atoms with Gasteiger partial charge in [0, 0.05) is 18.4 Å².